The van der Waals surface area contributed by atoms with Gasteiger partial charge in [-0.05, 0) is 18.3 Å². The Balaban J connectivity index is 2.17. The van der Waals surface area contributed by atoms with E-state index in [1.165, 1.54) is 25.7 Å². The zero-order valence-corrected chi connectivity index (χ0v) is 7.60. The Bertz CT molecular complexity index is 162. The van der Waals surface area contributed by atoms with Crippen molar-refractivity contribution in [2.75, 3.05) is 13.1 Å². The molecule has 0 aromatic carbocycles. The highest BCUT2D eigenvalue weighted by molar-refractivity contribution is 5.68. The molecule has 1 aliphatic rings. The van der Waals surface area contributed by atoms with E-state index < -0.39 is 5.97 Å². The van der Waals surface area contributed by atoms with Crippen LogP contribution in [0.3, 0.4) is 0 Å². The molecular formula is C9H17NO2. The van der Waals surface area contributed by atoms with Crippen molar-refractivity contribution >= 4 is 5.97 Å². The van der Waals surface area contributed by atoms with Crippen LogP contribution < -0.4 is 5.32 Å². The van der Waals surface area contributed by atoms with E-state index in [0.717, 1.165) is 6.54 Å². The average molecular weight is 171 g/mol. The van der Waals surface area contributed by atoms with Crippen molar-refractivity contribution in [1.82, 2.24) is 5.32 Å². The predicted molar refractivity (Wildman–Crippen MR) is 47.1 cm³/mol. The molecule has 0 radical (unpaired) electrons. The molecule has 3 heteroatoms. The van der Waals surface area contributed by atoms with Gasteiger partial charge in [0.05, 0.1) is 6.54 Å². The summed E-state index contributed by atoms with van der Waals surface area (Å²) in [5.41, 5.74) is 0.357. The molecule has 12 heavy (non-hydrogen) atoms. The van der Waals surface area contributed by atoms with Crippen molar-refractivity contribution in [2.45, 2.75) is 32.6 Å². The maximum atomic E-state index is 10.2. The first-order valence-electron chi connectivity index (χ1n) is 4.55. The van der Waals surface area contributed by atoms with Crippen LogP contribution in [0.5, 0.6) is 0 Å². The van der Waals surface area contributed by atoms with Gasteiger partial charge in [0.1, 0.15) is 0 Å². The van der Waals surface area contributed by atoms with Crippen LogP contribution in [0, 0.1) is 5.41 Å². The SMILES string of the molecule is CC1(CNCC(=O)O)CCCC1. The van der Waals surface area contributed by atoms with Gasteiger partial charge in [0.15, 0.2) is 0 Å². The van der Waals surface area contributed by atoms with Gasteiger partial charge in [0, 0.05) is 6.54 Å². The van der Waals surface area contributed by atoms with E-state index >= 15 is 0 Å². The highest BCUT2D eigenvalue weighted by atomic mass is 16.4. The minimum atomic E-state index is -0.767. The number of carbonyl (C=O) groups is 1. The fourth-order valence-electron chi connectivity index (χ4n) is 1.88. The smallest absolute Gasteiger partial charge is 0.317 e. The lowest BCUT2D eigenvalue weighted by Crippen LogP contribution is -2.33. The molecule has 1 fully saturated rings. The minimum Gasteiger partial charge on any atom is -0.480 e. The molecule has 0 aromatic rings. The van der Waals surface area contributed by atoms with Crippen molar-refractivity contribution < 1.29 is 9.90 Å². The van der Waals surface area contributed by atoms with Crippen molar-refractivity contribution in [3.05, 3.63) is 0 Å². The number of carboxylic acids is 1. The molecule has 0 aromatic heterocycles. The van der Waals surface area contributed by atoms with Crippen molar-refractivity contribution in [3.8, 4) is 0 Å². The Morgan fingerprint density at radius 2 is 2.08 bits per heavy atom. The summed E-state index contributed by atoms with van der Waals surface area (Å²) < 4.78 is 0. The van der Waals surface area contributed by atoms with Gasteiger partial charge in [-0.3, -0.25) is 4.79 Å². The monoisotopic (exact) mass is 171 g/mol. The Hall–Kier alpha value is -0.570. The maximum Gasteiger partial charge on any atom is 0.317 e. The van der Waals surface area contributed by atoms with Crippen molar-refractivity contribution in [2.24, 2.45) is 5.41 Å². The third-order valence-electron chi connectivity index (χ3n) is 2.64. The number of rotatable bonds is 4. The quantitative estimate of drug-likeness (QED) is 0.669. The molecule has 0 amide bonds. The van der Waals surface area contributed by atoms with E-state index in [2.05, 4.69) is 12.2 Å². The van der Waals surface area contributed by atoms with Gasteiger partial charge in [-0.2, -0.15) is 0 Å². The molecule has 0 bridgehead atoms. The molecule has 1 rings (SSSR count). The minimum absolute atomic E-state index is 0.0928. The Morgan fingerprint density at radius 1 is 1.50 bits per heavy atom. The van der Waals surface area contributed by atoms with Crippen LogP contribution in [0.15, 0.2) is 0 Å². The largest absolute Gasteiger partial charge is 0.480 e. The lowest BCUT2D eigenvalue weighted by Gasteiger charge is -2.23. The Kier molecular flexibility index (Phi) is 3.09. The first-order chi connectivity index (χ1) is 5.62. The second-order valence-corrected chi connectivity index (χ2v) is 4.02. The number of hydrogen-bond donors (Lipinski definition) is 2. The number of nitrogens with one attached hydrogen (secondary N) is 1. The van der Waals surface area contributed by atoms with Crippen LogP contribution in [-0.2, 0) is 4.79 Å². The first kappa shape index (κ1) is 9.52. The van der Waals surface area contributed by atoms with Gasteiger partial charge < -0.3 is 10.4 Å². The summed E-state index contributed by atoms with van der Waals surface area (Å²) in [6, 6.07) is 0. The Labute approximate surface area is 73.2 Å². The standard InChI is InChI=1S/C9H17NO2/c1-9(4-2-3-5-9)7-10-6-8(11)12/h10H,2-7H2,1H3,(H,11,12). The van der Waals surface area contributed by atoms with Gasteiger partial charge >= 0.3 is 5.97 Å². The third-order valence-corrected chi connectivity index (χ3v) is 2.64. The molecule has 0 saturated heterocycles. The fraction of sp³-hybridized carbons (Fsp3) is 0.889. The number of carboxylic acid groups (broad SMARTS) is 1. The van der Waals surface area contributed by atoms with E-state index in [1.807, 2.05) is 0 Å². The number of aliphatic carboxylic acids is 1. The normalized spacial score (nSPS) is 21.1. The third kappa shape index (κ3) is 2.81. The summed E-state index contributed by atoms with van der Waals surface area (Å²) in [7, 11) is 0. The summed E-state index contributed by atoms with van der Waals surface area (Å²) in [5, 5.41) is 11.4. The summed E-state index contributed by atoms with van der Waals surface area (Å²) in [5.74, 6) is -0.767. The molecule has 1 saturated carbocycles. The fourth-order valence-corrected chi connectivity index (χ4v) is 1.88. The Morgan fingerprint density at radius 3 is 2.58 bits per heavy atom. The highest BCUT2D eigenvalue weighted by Crippen LogP contribution is 2.36. The average Bonchev–Trinajstić information content (AvgIpc) is 2.35. The summed E-state index contributed by atoms with van der Waals surface area (Å²) in [6.07, 6.45) is 5.07. The molecule has 2 N–H and O–H groups in total. The van der Waals surface area contributed by atoms with E-state index in [9.17, 15) is 4.79 Å². The zero-order valence-electron chi connectivity index (χ0n) is 7.60. The lowest BCUT2D eigenvalue weighted by molar-refractivity contribution is -0.136. The first-order valence-corrected chi connectivity index (χ1v) is 4.55. The van der Waals surface area contributed by atoms with Crippen molar-refractivity contribution in [3.63, 3.8) is 0 Å². The summed E-state index contributed by atoms with van der Waals surface area (Å²) in [6.45, 7) is 3.17. The molecule has 0 aliphatic heterocycles. The van der Waals surface area contributed by atoms with Gasteiger partial charge in [-0.1, -0.05) is 19.8 Å². The van der Waals surface area contributed by atoms with Gasteiger partial charge in [0.2, 0.25) is 0 Å². The van der Waals surface area contributed by atoms with Crippen LogP contribution in [0.2, 0.25) is 0 Å². The second kappa shape index (κ2) is 3.90. The van der Waals surface area contributed by atoms with Gasteiger partial charge in [0.25, 0.3) is 0 Å². The molecule has 3 nitrogen and oxygen atoms in total. The maximum absolute atomic E-state index is 10.2. The van der Waals surface area contributed by atoms with E-state index in [4.69, 9.17) is 5.11 Å². The van der Waals surface area contributed by atoms with Gasteiger partial charge in [-0.25, -0.2) is 0 Å². The summed E-state index contributed by atoms with van der Waals surface area (Å²) in [4.78, 5) is 10.2. The molecule has 1 aliphatic carbocycles. The van der Waals surface area contributed by atoms with Gasteiger partial charge in [-0.15, -0.1) is 0 Å². The molecule has 0 heterocycles. The van der Waals surface area contributed by atoms with Crippen molar-refractivity contribution in [1.29, 1.82) is 0 Å². The highest BCUT2D eigenvalue weighted by Gasteiger charge is 2.27. The lowest BCUT2D eigenvalue weighted by atomic mass is 9.89. The van der Waals surface area contributed by atoms with E-state index in [1.54, 1.807) is 0 Å². The molecule has 0 unspecified atom stereocenters. The molecular weight excluding hydrogens is 154 g/mol. The molecule has 0 atom stereocenters. The zero-order chi connectivity index (χ0) is 9.03. The topological polar surface area (TPSA) is 49.3 Å². The van der Waals surface area contributed by atoms with Crippen LogP contribution >= 0.6 is 0 Å². The predicted octanol–water partition coefficient (Wildman–Crippen LogP) is 1.24. The van der Waals surface area contributed by atoms with E-state index in [0.29, 0.717) is 5.41 Å². The van der Waals surface area contributed by atoms with Crippen LogP contribution in [0.4, 0.5) is 0 Å². The summed E-state index contributed by atoms with van der Waals surface area (Å²) >= 11 is 0. The second-order valence-electron chi connectivity index (χ2n) is 4.02. The van der Waals surface area contributed by atoms with E-state index in [-0.39, 0.29) is 6.54 Å². The molecule has 70 valence electrons. The van der Waals surface area contributed by atoms with Crippen LogP contribution in [0.25, 0.3) is 0 Å². The molecule has 0 spiro atoms. The van der Waals surface area contributed by atoms with Crippen LogP contribution in [-0.4, -0.2) is 24.2 Å². The van der Waals surface area contributed by atoms with Crippen LogP contribution in [0.1, 0.15) is 32.6 Å². The number of hydrogen-bond acceptors (Lipinski definition) is 2.